The molecule has 20 heavy (non-hydrogen) atoms. The summed E-state index contributed by atoms with van der Waals surface area (Å²) in [4.78, 5) is 0.0293. The first kappa shape index (κ1) is 14.8. The Labute approximate surface area is 125 Å². The van der Waals surface area contributed by atoms with Crippen LogP contribution in [0.2, 0.25) is 0 Å². The van der Waals surface area contributed by atoms with Gasteiger partial charge in [-0.3, -0.25) is 0 Å². The van der Waals surface area contributed by atoms with E-state index in [0.717, 1.165) is 4.47 Å². The van der Waals surface area contributed by atoms with Gasteiger partial charge in [0.1, 0.15) is 16.4 Å². The molecule has 2 rings (SSSR count). The van der Waals surface area contributed by atoms with E-state index in [1.165, 1.54) is 19.2 Å². The van der Waals surface area contributed by atoms with E-state index in [4.69, 9.17) is 10.5 Å². The van der Waals surface area contributed by atoms with Crippen molar-refractivity contribution in [1.82, 2.24) is 4.72 Å². The third kappa shape index (κ3) is 3.30. The van der Waals surface area contributed by atoms with Gasteiger partial charge in [-0.2, -0.15) is 0 Å². The van der Waals surface area contributed by atoms with Crippen molar-refractivity contribution in [3.05, 3.63) is 46.9 Å². The average Bonchev–Trinajstić information content (AvgIpc) is 2.38. The number of nitrogens with two attached hydrogens (primary N) is 1. The highest BCUT2D eigenvalue weighted by molar-refractivity contribution is 9.10. The minimum Gasteiger partial charge on any atom is -0.457 e. The van der Waals surface area contributed by atoms with Crippen LogP contribution in [0, 0.1) is 0 Å². The van der Waals surface area contributed by atoms with Gasteiger partial charge in [0.05, 0.1) is 5.69 Å². The first-order chi connectivity index (χ1) is 9.42. The second-order valence-electron chi connectivity index (χ2n) is 3.97. The first-order valence-corrected chi connectivity index (χ1v) is 7.96. The Morgan fingerprint density at radius 2 is 1.85 bits per heavy atom. The van der Waals surface area contributed by atoms with Crippen molar-refractivity contribution >= 4 is 31.6 Å². The second-order valence-corrected chi connectivity index (χ2v) is 6.74. The molecule has 0 saturated carbocycles. The summed E-state index contributed by atoms with van der Waals surface area (Å²) >= 11 is 3.34. The second kappa shape index (κ2) is 5.82. The van der Waals surface area contributed by atoms with Crippen LogP contribution in [0.1, 0.15) is 0 Å². The smallest absolute Gasteiger partial charge is 0.242 e. The highest BCUT2D eigenvalue weighted by atomic mass is 79.9. The normalized spacial score (nSPS) is 11.3. The van der Waals surface area contributed by atoms with Crippen molar-refractivity contribution in [1.29, 1.82) is 0 Å². The summed E-state index contributed by atoms with van der Waals surface area (Å²) < 4.78 is 32.1. The molecule has 0 aromatic heterocycles. The third-order valence-corrected chi connectivity index (χ3v) is 4.55. The molecule has 0 aliphatic rings. The Kier molecular flexibility index (Phi) is 4.32. The highest BCUT2D eigenvalue weighted by Gasteiger charge is 2.15. The minimum atomic E-state index is -3.56. The van der Waals surface area contributed by atoms with Crippen molar-refractivity contribution in [2.45, 2.75) is 4.90 Å². The van der Waals surface area contributed by atoms with Crippen molar-refractivity contribution in [3.8, 4) is 11.5 Å². The lowest BCUT2D eigenvalue weighted by Crippen LogP contribution is -2.19. The molecular formula is C13H13BrN2O3S. The molecule has 2 aromatic rings. The molecule has 0 saturated heterocycles. The number of rotatable bonds is 4. The predicted molar refractivity (Wildman–Crippen MR) is 81.3 cm³/mol. The molecule has 2 aromatic carbocycles. The topological polar surface area (TPSA) is 81.4 Å². The third-order valence-electron chi connectivity index (χ3n) is 2.57. The van der Waals surface area contributed by atoms with Gasteiger partial charge in [0.25, 0.3) is 0 Å². The van der Waals surface area contributed by atoms with E-state index < -0.39 is 10.0 Å². The lowest BCUT2D eigenvalue weighted by molar-refractivity contribution is 0.482. The largest absolute Gasteiger partial charge is 0.457 e. The van der Waals surface area contributed by atoms with Gasteiger partial charge >= 0.3 is 0 Å². The number of anilines is 1. The monoisotopic (exact) mass is 356 g/mol. The van der Waals surface area contributed by atoms with Gasteiger partial charge in [-0.05, 0) is 37.4 Å². The Bertz CT molecular complexity index is 732. The van der Waals surface area contributed by atoms with E-state index in [1.54, 1.807) is 18.2 Å². The van der Waals surface area contributed by atoms with Crippen LogP contribution >= 0.6 is 15.9 Å². The van der Waals surface area contributed by atoms with E-state index >= 15 is 0 Å². The summed E-state index contributed by atoms with van der Waals surface area (Å²) in [6, 6.07) is 11.8. The van der Waals surface area contributed by atoms with Gasteiger partial charge in [-0.15, -0.1) is 0 Å². The molecule has 0 unspecified atom stereocenters. The summed E-state index contributed by atoms with van der Waals surface area (Å²) in [5.74, 6) is 1.10. The SMILES string of the molecule is CNS(=O)(=O)c1ccc(Oc2cccc(Br)c2)cc1N. The van der Waals surface area contributed by atoms with Crippen LogP contribution in [0.3, 0.4) is 0 Å². The lowest BCUT2D eigenvalue weighted by Gasteiger charge is -2.10. The summed E-state index contributed by atoms with van der Waals surface area (Å²) in [5.41, 5.74) is 5.89. The summed E-state index contributed by atoms with van der Waals surface area (Å²) in [6.07, 6.45) is 0. The molecule has 106 valence electrons. The quantitative estimate of drug-likeness (QED) is 0.825. The Hall–Kier alpha value is -1.57. The maximum atomic E-state index is 11.7. The number of nitrogen functional groups attached to an aromatic ring is 1. The number of hydrogen-bond donors (Lipinski definition) is 2. The van der Waals surface area contributed by atoms with Gasteiger partial charge in [0.15, 0.2) is 0 Å². The van der Waals surface area contributed by atoms with Crippen LogP contribution in [-0.4, -0.2) is 15.5 Å². The van der Waals surface area contributed by atoms with Crippen LogP contribution < -0.4 is 15.2 Å². The maximum Gasteiger partial charge on any atom is 0.242 e. The standard InChI is InChI=1S/C13H13BrN2O3S/c1-16-20(17,18)13-6-5-11(8-12(13)15)19-10-4-2-3-9(14)7-10/h2-8,16H,15H2,1H3. The van der Waals surface area contributed by atoms with Gasteiger partial charge in [-0.1, -0.05) is 22.0 Å². The number of halogens is 1. The van der Waals surface area contributed by atoms with Crippen LogP contribution in [-0.2, 0) is 10.0 Å². The Balaban J connectivity index is 2.30. The van der Waals surface area contributed by atoms with Crippen molar-refractivity contribution in [3.63, 3.8) is 0 Å². The van der Waals surface area contributed by atoms with Crippen LogP contribution in [0.5, 0.6) is 11.5 Å². The molecule has 0 atom stereocenters. The van der Waals surface area contributed by atoms with E-state index in [1.807, 2.05) is 12.1 Å². The number of nitrogens with one attached hydrogen (secondary N) is 1. The number of sulfonamides is 1. The van der Waals surface area contributed by atoms with Crippen LogP contribution in [0.25, 0.3) is 0 Å². The number of hydrogen-bond acceptors (Lipinski definition) is 4. The Morgan fingerprint density at radius 1 is 1.15 bits per heavy atom. The highest BCUT2D eigenvalue weighted by Crippen LogP contribution is 2.28. The first-order valence-electron chi connectivity index (χ1n) is 5.69. The zero-order valence-corrected chi connectivity index (χ0v) is 13.0. The average molecular weight is 357 g/mol. The fourth-order valence-electron chi connectivity index (χ4n) is 1.61. The van der Waals surface area contributed by atoms with Crippen molar-refractivity contribution in [2.75, 3.05) is 12.8 Å². The summed E-state index contributed by atoms with van der Waals surface area (Å²) in [5, 5.41) is 0. The van der Waals surface area contributed by atoms with Crippen LogP contribution in [0.4, 0.5) is 5.69 Å². The van der Waals surface area contributed by atoms with E-state index in [-0.39, 0.29) is 10.6 Å². The molecule has 0 aliphatic carbocycles. The molecule has 0 heterocycles. The molecule has 0 spiro atoms. The predicted octanol–water partition coefficient (Wildman–Crippen LogP) is 2.73. The molecule has 0 bridgehead atoms. The van der Waals surface area contributed by atoms with Gasteiger partial charge < -0.3 is 10.5 Å². The molecule has 7 heteroatoms. The van der Waals surface area contributed by atoms with E-state index in [2.05, 4.69) is 20.7 Å². The number of ether oxygens (including phenoxy) is 1. The molecule has 0 fully saturated rings. The maximum absolute atomic E-state index is 11.7. The molecular weight excluding hydrogens is 344 g/mol. The van der Waals surface area contributed by atoms with E-state index in [9.17, 15) is 8.42 Å². The van der Waals surface area contributed by atoms with Crippen LogP contribution in [0.15, 0.2) is 51.8 Å². The van der Waals surface area contributed by atoms with Crippen molar-refractivity contribution in [2.24, 2.45) is 0 Å². The van der Waals surface area contributed by atoms with Gasteiger partial charge in [0.2, 0.25) is 10.0 Å². The Morgan fingerprint density at radius 3 is 2.45 bits per heavy atom. The fourth-order valence-corrected chi connectivity index (χ4v) is 2.83. The summed E-state index contributed by atoms with van der Waals surface area (Å²) in [6.45, 7) is 0. The van der Waals surface area contributed by atoms with Crippen molar-refractivity contribution < 1.29 is 13.2 Å². The molecule has 5 nitrogen and oxygen atoms in total. The molecule has 0 radical (unpaired) electrons. The van der Waals surface area contributed by atoms with Gasteiger partial charge in [0, 0.05) is 10.5 Å². The molecule has 3 N–H and O–H groups in total. The van der Waals surface area contributed by atoms with Gasteiger partial charge in [-0.25, -0.2) is 13.1 Å². The molecule has 0 amide bonds. The van der Waals surface area contributed by atoms with E-state index in [0.29, 0.717) is 11.5 Å². The zero-order valence-electron chi connectivity index (χ0n) is 10.6. The molecule has 0 aliphatic heterocycles. The summed E-state index contributed by atoms with van der Waals surface area (Å²) in [7, 11) is -2.23. The fraction of sp³-hybridized carbons (Fsp3) is 0.0769. The number of benzene rings is 2. The minimum absolute atomic E-state index is 0.0293. The zero-order chi connectivity index (χ0) is 14.8. The lowest BCUT2D eigenvalue weighted by atomic mass is 10.3.